The number of carbonyl (C=O) groups excluding carboxylic acids is 1. The summed E-state index contributed by atoms with van der Waals surface area (Å²) in [5.41, 5.74) is 2.62. The molecule has 0 saturated carbocycles. The fourth-order valence-corrected chi connectivity index (χ4v) is 1.57. The van der Waals surface area contributed by atoms with E-state index in [0.717, 1.165) is 19.5 Å². The number of methoxy groups -OCH3 is 1. The van der Waals surface area contributed by atoms with E-state index >= 15 is 0 Å². The fraction of sp³-hybridized carbons (Fsp3) is 0.500. The van der Waals surface area contributed by atoms with Crippen molar-refractivity contribution in [1.29, 1.82) is 0 Å². The van der Waals surface area contributed by atoms with Crippen LogP contribution in [0.1, 0.15) is 17.5 Å². The minimum Gasteiger partial charge on any atom is -0.469 e. The van der Waals surface area contributed by atoms with Gasteiger partial charge in [0.1, 0.15) is 0 Å². The molecule has 0 spiro atoms. The van der Waals surface area contributed by atoms with Gasteiger partial charge in [0.2, 0.25) is 0 Å². The molecule has 0 atom stereocenters. The molecule has 0 aliphatic carbocycles. The number of hydrogen-bond donors (Lipinski definition) is 0. The lowest BCUT2D eigenvalue weighted by Gasteiger charge is -2.15. The maximum atomic E-state index is 11.0. The Labute approximate surface area is 103 Å². The Morgan fingerprint density at radius 1 is 1.24 bits per heavy atom. The van der Waals surface area contributed by atoms with Crippen LogP contribution in [-0.2, 0) is 16.0 Å². The van der Waals surface area contributed by atoms with Gasteiger partial charge in [-0.2, -0.15) is 0 Å². The van der Waals surface area contributed by atoms with Crippen LogP contribution in [0.15, 0.2) is 24.3 Å². The summed E-state index contributed by atoms with van der Waals surface area (Å²) in [6.45, 7) is 3.80. The molecule has 0 aliphatic rings. The molecule has 0 aliphatic heterocycles. The third kappa shape index (κ3) is 5.50. The van der Waals surface area contributed by atoms with Gasteiger partial charge in [0.05, 0.1) is 13.5 Å². The third-order valence-corrected chi connectivity index (χ3v) is 2.83. The average Bonchev–Trinajstić information content (AvgIpc) is 2.35. The molecule has 1 rings (SSSR count). The molecule has 0 N–H and O–H groups in total. The van der Waals surface area contributed by atoms with Crippen molar-refractivity contribution in [1.82, 2.24) is 4.90 Å². The summed E-state index contributed by atoms with van der Waals surface area (Å²) in [7, 11) is 3.45. The number of carbonyl (C=O) groups is 1. The Bertz CT molecular complexity index is 346. The first-order valence-electron chi connectivity index (χ1n) is 5.92. The summed E-state index contributed by atoms with van der Waals surface area (Å²) in [6, 6.07) is 8.57. The zero-order valence-corrected chi connectivity index (χ0v) is 10.9. The number of benzene rings is 1. The first-order chi connectivity index (χ1) is 8.11. The maximum Gasteiger partial charge on any atom is 0.306 e. The van der Waals surface area contributed by atoms with E-state index in [1.807, 2.05) is 7.05 Å². The summed E-state index contributed by atoms with van der Waals surface area (Å²) in [5, 5.41) is 0. The van der Waals surface area contributed by atoms with Gasteiger partial charge in [0.25, 0.3) is 0 Å². The van der Waals surface area contributed by atoms with Crippen molar-refractivity contribution in [3.63, 3.8) is 0 Å². The zero-order valence-electron chi connectivity index (χ0n) is 10.9. The van der Waals surface area contributed by atoms with E-state index in [1.54, 1.807) is 0 Å². The van der Waals surface area contributed by atoms with Crippen LogP contribution in [0.5, 0.6) is 0 Å². The molecule has 0 radical (unpaired) electrons. The fourth-order valence-electron chi connectivity index (χ4n) is 1.57. The second kappa shape index (κ2) is 7.07. The monoisotopic (exact) mass is 235 g/mol. The highest BCUT2D eigenvalue weighted by molar-refractivity contribution is 5.69. The Hall–Kier alpha value is -1.35. The Morgan fingerprint density at radius 3 is 2.47 bits per heavy atom. The molecule has 0 fully saturated rings. The summed E-state index contributed by atoms with van der Waals surface area (Å²) in [5.74, 6) is -0.146. The number of rotatable bonds is 6. The van der Waals surface area contributed by atoms with Crippen molar-refractivity contribution in [2.45, 2.75) is 19.8 Å². The van der Waals surface area contributed by atoms with Crippen molar-refractivity contribution in [3.05, 3.63) is 35.4 Å². The summed E-state index contributed by atoms with van der Waals surface area (Å²) in [6.07, 6.45) is 1.47. The Kier molecular flexibility index (Phi) is 5.70. The van der Waals surface area contributed by atoms with Gasteiger partial charge in [-0.25, -0.2) is 0 Å². The number of likely N-dealkylation sites (N-methyl/N-ethyl adjacent to an activating group) is 1. The van der Waals surface area contributed by atoms with E-state index in [-0.39, 0.29) is 5.97 Å². The molecular weight excluding hydrogens is 214 g/mol. The first-order valence-corrected chi connectivity index (χ1v) is 5.92. The quantitative estimate of drug-likeness (QED) is 0.707. The van der Waals surface area contributed by atoms with Gasteiger partial charge in [-0.05, 0) is 26.0 Å². The highest BCUT2D eigenvalue weighted by Crippen LogP contribution is 2.04. The van der Waals surface area contributed by atoms with Gasteiger partial charge < -0.3 is 9.64 Å². The Morgan fingerprint density at radius 2 is 1.88 bits per heavy atom. The van der Waals surface area contributed by atoms with Gasteiger partial charge in [0.15, 0.2) is 0 Å². The van der Waals surface area contributed by atoms with E-state index in [4.69, 9.17) is 0 Å². The van der Waals surface area contributed by atoms with Crippen LogP contribution in [0.4, 0.5) is 0 Å². The minimum atomic E-state index is -0.146. The van der Waals surface area contributed by atoms with E-state index in [9.17, 15) is 4.79 Å². The molecule has 0 amide bonds. The van der Waals surface area contributed by atoms with Crippen LogP contribution in [0, 0.1) is 6.92 Å². The molecule has 3 nitrogen and oxygen atoms in total. The highest BCUT2D eigenvalue weighted by Gasteiger charge is 2.04. The lowest BCUT2D eigenvalue weighted by Crippen LogP contribution is -2.24. The van der Waals surface area contributed by atoms with E-state index in [2.05, 4.69) is 40.8 Å². The van der Waals surface area contributed by atoms with Crippen LogP contribution in [0.2, 0.25) is 0 Å². The second-order valence-electron chi connectivity index (χ2n) is 4.37. The van der Waals surface area contributed by atoms with E-state index in [0.29, 0.717) is 6.42 Å². The summed E-state index contributed by atoms with van der Waals surface area (Å²) < 4.78 is 4.61. The molecule has 0 aromatic heterocycles. The minimum absolute atomic E-state index is 0.146. The van der Waals surface area contributed by atoms with Crippen LogP contribution < -0.4 is 0 Å². The Balaban J connectivity index is 2.25. The second-order valence-corrected chi connectivity index (χ2v) is 4.37. The molecule has 0 saturated heterocycles. The van der Waals surface area contributed by atoms with Crippen molar-refractivity contribution < 1.29 is 9.53 Å². The summed E-state index contributed by atoms with van der Waals surface area (Å²) >= 11 is 0. The highest BCUT2D eigenvalue weighted by atomic mass is 16.5. The van der Waals surface area contributed by atoms with Crippen LogP contribution in [0.3, 0.4) is 0 Å². The standard InChI is InChI=1S/C14H21NO2/c1-12-4-6-13(7-5-12)8-10-15(2)11-9-14(16)17-3/h4-7H,8-11H2,1-3H3. The van der Waals surface area contributed by atoms with Crippen LogP contribution in [0.25, 0.3) is 0 Å². The van der Waals surface area contributed by atoms with Crippen molar-refractivity contribution in [2.24, 2.45) is 0 Å². The molecule has 1 aromatic rings. The normalized spacial score (nSPS) is 10.6. The largest absolute Gasteiger partial charge is 0.469 e. The number of ether oxygens (including phenoxy) is 1. The van der Waals surface area contributed by atoms with Gasteiger partial charge in [0, 0.05) is 13.1 Å². The van der Waals surface area contributed by atoms with E-state index in [1.165, 1.54) is 18.2 Å². The predicted molar refractivity (Wildman–Crippen MR) is 69.0 cm³/mol. The molecule has 3 heteroatoms. The zero-order chi connectivity index (χ0) is 12.7. The van der Waals surface area contributed by atoms with Crippen molar-refractivity contribution in [3.8, 4) is 0 Å². The SMILES string of the molecule is COC(=O)CCN(C)CCc1ccc(C)cc1. The van der Waals surface area contributed by atoms with Gasteiger partial charge in [-0.1, -0.05) is 29.8 Å². The number of esters is 1. The van der Waals surface area contributed by atoms with Gasteiger partial charge >= 0.3 is 5.97 Å². The van der Waals surface area contributed by atoms with Crippen molar-refractivity contribution >= 4 is 5.97 Å². The molecule has 94 valence electrons. The third-order valence-electron chi connectivity index (χ3n) is 2.83. The molecule has 0 unspecified atom stereocenters. The maximum absolute atomic E-state index is 11.0. The molecule has 17 heavy (non-hydrogen) atoms. The smallest absolute Gasteiger partial charge is 0.306 e. The molecule has 0 heterocycles. The van der Waals surface area contributed by atoms with Gasteiger partial charge in [-0.15, -0.1) is 0 Å². The van der Waals surface area contributed by atoms with E-state index < -0.39 is 0 Å². The molecule has 1 aromatic carbocycles. The number of aryl methyl sites for hydroxylation is 1. The van der Waals surface area contributed by atoms with Crippen molar-refractivity contribution in [2.75, 3.05) is 27.2 Å². The number of hydrogen-bond acceptors (Lipinski definition) is 3. The predicted octanol–water partition coefficient (Wildman–Crippen LogP) is 2.03. The molecule has 0 bridgehead atoms. The van der Waals surface area contributed by atoms with Crippen LogP contribution in [-0.4, -0.2) is 38.1 Å². The lowest BCUT2D eigenvalue weighted by molar-refractivity contribution is -0.140. The molecular formula is C14H21NO2. The first kappa shape index (κ1) is 13.7. The van der Waals surface area contributed by atoms with Crippen LogP contribution >= 0.6 is 0 Å². The summed E-state index contributed by atoms with van der Waals surface area (Å²) in [4.78, 5) is 13.1. The average molecular weight is 235 g/mol. The lowest BCUT2D eigenvalue weighted by atomic mass is 10.1. The van der Waals surface area contributed by atoms with Gasteiger partial charge in [-0.3, -0.25) is 4.79 Å². The number of nitrogens with zero attached hydrogens (tertiary/aromatic N) is 1. The topological polar surface area (TPSA) is 29.5 Å².